The number of para-hydroxylation sites is 1. The summed E-state index contributed by atoms with van der Waals surface area (Å²) in [7, 11) is 0. The molecule has 0 saturated carbocycles. The summed E-state index contributed by atoms with van der Waals surface area (Å²) in [6, 6.07) is 9.72. The average Bonchev–Trinajstić information content (AvgIpc) is 3.41. The topological polar surface area (TPSA) is 90.0 Å². The van der Waals surface area contributed by atoms with Gasteiger partial charge in [0.15, 0.2) is 0 Å². The van der Waals surface area contributed by atoms with Crippen LogP contribution in [-0.2, 0) is 23.8 Å². The molecule has 0 bridgehead atoms. The van der Waals surface area contributed by atoms with Crippen LogP contribution in [-0.4, -0.2) is 41.8 Å². The Labute approximate surface area is 187 Å². The molecule has 0 fully saturated rings. The lowest BCUT2D eigenvalue weighted by atomic mass is 10.1. The van der Waals surface area contributed by atoms with E-state index in [0.29, 0.717) is 36.3 Å². The monoisotopic (exact) mass is 457 g/mol. The van der Waals surface area contributed by atoms with Gasteiger partial charge in [0.25, 0.3) is 11.6 Å². The van der Waals surface area contributed by atoms with Crippen molar-refractivity contribution in [2.75, 3.05) is 6.54 Å². The number of hydrogen-bond donors (Lipinski definition) is 1. The molecule has 0 atom stereocenters. The molecule has 0 aliphatic carbocycles. The van der Waals surface area contributed by atoms with Gasteiger partial charge in [0, 0.05) is 30.6 Å². The molecule has 11 heteroatoms. The maximum atomic E-state index is 12.9. The zero-order valence-corrected chi connectivity index (χ0v) is 18.1. The van der Waals surface area contributed by atoms with Gasteiger partial charge in [0.05, 0.1) is 11.9 Å². The number of nitrogens with one attached hydrogen (secondary N) is 1. The quantitative estimate of drug-likeness (QED) is 0.460. The van der Waals surface area contributed by atoms with Crippen LogP contribution in [0.2, 0.25) is 0 Å². The summed E-state index contributed by atoms with van der Waals surface area (Å²) >= 11 is 0. The lowest BCUT2D eigenvalue weighted by molar-refractivity contribution is -0.144. The Morgan fingerprint density at radius 1 is 1.09 bits per heavy atom. The van der Waals surface area contributed by atoms with E-state index < -0.39 is 12.0 Å². The van der Waals surface area contributed by atoms with Gasteiger partial charge in [-0.3, -0.25) is 4.79 Å². The van der Waals surface area contributed by atoms with Crippen LogP contribution in [0.1, 0.15) is 34.8 Å². The van der Waals surface area contributed by atoms with Gasteiger partial charge in [0.1, 0.15) is 0 Å². The third-order valence-corrected chi connectivity index (χ3v) is 5.30. The largest absolute Gasteiger partial charge is 0.453 e. The Morgan fingerprint density at radius 2 is 1.85 bits per heavy atom. The summed E-state index contributed by atoms with van der Waals surface area (Å²) in [6.45, 7) is 3.79. The fraction of sp³-hybridized carbons (Fsp3) is 0.318. The van der Waals surface area contributed by atoms with Gasteiger partial charge in [-0.1, -0.05) is 18.2 Å². The Morgan fingerprint density at radius 3 is 2.58 bits per heavy atom. The van der Waals surface area contributed by atoms with Gasteiger partial charge < -0.3 is 5.32 Å². The SMILES string of the molecule is Cc1nc2nc(C(F)(F)F)nn2c(C)c1CCC(=O)NCCc1cnn(-c2ccccc2)c1. The first-order valence-corrected chi connectivity index (χ1v) is 10.4. The fourth-order valence-electron chi connectivity index (χ4n) is 3.57. The van der Waals surface area contributed by atoms with Crippen molar-refractivity contribution in [3.05, 3.63) is 71.1 Å². The van der Waals surface area contributed by atoms with E-state index in [1.54, 1.807) is 24.7 Å². The second-order valence-electron chi connectivity index (χ2n) is 7.63. The van der Waals surface area contributed by atoms with Crippen molar-refractivity contribution in [3.8, 4) is 5.69 Å². The van der Waals surface area contributed by atoms with Crippen LogP contribution in [0.25, 0.3) is 11.5 Å². The van der Waals surface area contributed by atoms with E-state index >= 15 is 0 Å². The maximum Gasteiger partial charge on any atom is 0.453 e. The van der Waals surface area contributed by atoms with Crippen LogP contribution in [0.15, 0.2) is 42.7 Å². The van der Waals surface area contributed by atoms with Crippen molar-refractivity contribution in [2.45, 2.75) is 39.3 Å². The predicted octanol–water partition coefficient (Wildman–Crippen LogP) is 3.24. The molecule has 0 aliphatic rings. The van der Waals surface area contributed by atoms with Crippen molar-refractivity contribution < 1.29 is 18.0 Å². The Balaban J connectivity index is 1.33. The van der Waals surface area contributed by atoms with Crippen molar-refractivity contribution >= 4 is 11.7 Å². The first kappa shape index (κ1) is 22.4. The van der Waals surface area contributed by atoms with Crippen LogP contribution in [0, 0.1) is 13.8 Å². The molecule has 172 valence electrons. The van der Waals surface area contributed by atoms with Crippen molar-refractivity contribution in [3.63, 3.8) is 0 Å². The van der Waals surface area contributed by atoms with Crippen molar-refractivity contribution in [1.29, 1.82) is 0 Å². The lowest BCUT2D eigenvalue weighted by Gasteiger charge is -2.10. The number of carbonyl (C=O) groups excluding carboxylic acids is 1. The highest BCUT2D eigenvalue weighted by Crippen LogP contribution is 2.27. The summed E-state index contributed by atoms with van der Waals surface area (Å²) < 4.78 is 41.6. The second-order valence-corrected chi connectivity index (χ2v) is 7.63. The van der Waals surface area contributed by atoms with E-state index in [1.165, 1.54) is 0 Å². The number of nitrogens with zero attached hydrogens (tertiary/aromatic N) is 6. The lowest BCUT2D eigenvalue weighted by Crippen LogP contribution is -2.26. The number of aryl methyl sites for hydroxylation is 2. The third-order valence-electron chi connectivity index (χ3n) is 5.30. The number of fused-ring (bicyclic) bond motifs is 1. The van der Waals surface area contributed by atoms with Gasteiger partial charge in [-0.25, -0.2) is 14.2 Å². The number of amides is 1. The summed E-state index contributed by atoms with van der Waals surface area (Å²) in [5, 5.41) is 10.7. The van der Waals surface area contributed by atoms with Gasteiger partial charge in [-0.05, 0) is 49.9 Å². The Kier molecular flexibility index (Phi) is 6.12. The number of halogens is 3. The zero-order valence-electron chi connectivity index (χ0n) is 18.1. The molecule has 3 aromatic heterocycles. The summed E-state index contributed by atoms with van der Waals surface area (Å²) in [5.41, 5.74) is 3.65. The smallest absolute Gasteiger partial charge is 0.356 e. The zero-order chi connectivity index (χ0) is 23.6. The molecule has 3 heterocycles. The van der Waals surface area contributed by atoms with Gasteiger partial charge >= 0.3 is 6.18 Å². The van der Waals surface area contributed by atoms with Crippen LogP contribution in [0.5, 0.6) is 0 Å². The minimum atomic E-state index is -4.65. The second kappa shape index (κ2) is 9.00. The van der Waals surface area contributed by atoms with Gasteiger partial charge in [-0.2, -0.15) is 23.3 Å². The van der Waals surface area contributed by atoms with Crippen LogP contribution < -0.4 is 5.32 Å². The molecule has 0 spiro atoms. The minimum absolute atomic E-state index is 0.110. The maximum absolute atomic E-state index is 12.9. The molecule has 0 radical (unpaired) electrons. The fourth-order valence-corrected chi connectivity index (χ4v) is 3.57. The van der Waals surface area contributed by atoms with Crippen LogP contribution >= 0.6 is 0 Å². The standard InChI is InChI=1S/C22H22F3N7O/c1-14-18(15(2)32-21(28-14)29-20(30-32)22(23,24)25)8-9-19(33)26-11-10-16-12-27-31(13-16)17-6-4-3-5-7-17/h3-7,12-13H,8-11H2,1-2H3,(H,26,33). The molecule has 0 unspecified atom stereocenters. The summed E-state index contributed by atoms with van der Waals surface area (Å²) in [4.78, 5) is 19.9. The molecule has 8 nitrogen and oxygen atoms in total. The molecule has 4 rings (SSSR count). The highest BCUT2D eigenvalue weighted by molar-refractivity contribution is 5.76. The molecule has 0 aliphatic heterocycles. The van der Waals surface area contributed by atoms with Crippen molar-refractivity contribution in [1.82, 2.24) is 34.7 Å². The first-order valence-electron chi connectivity index (χ1n) is 10.4. The number of rotatable bonds is 7. The van der Waals surface area contributed by atoms with Crippen LogP contribution in [0.3, 0.4) is 0 Å². The van der Waals surface area contributed by atoms with E-state index in [9.17, 15) is 18.0 Å². The number of carbonyl (C=O) groups is 1. The average molecular weight is 457 g/mol. The number of hydrogen-bond acceptors (Lipinski definition) is 5. The molecular weight excluding hydrogens is 435 g/mol. The Bertz CT molecular complexity index is 1280. The first-order chi connectivity index (χ1) is 15.7. The van der Waals surface area contributed by atoms with E-state index in [0.717, 1.165) is 15.8 Å². The predicted molar refractivity (Wildman–Crippen MR) is 114 cm³/mol. The van der Waals surface area contributed by atoms with Gasteiger partial charge in [0.2, 0.25) is 5.91 Å². The molecule has 0 saturated heterocycles. The molecular formula is C22H22F3N7O. The molecule has 1 amide bonds. The van der Waals surface area contributed by atoms with E-state index in [2.05, 4.69) is 25.5 Å². The van der Waals surface area contributed by atoms with Crippen molar-refractivity contribution in [2.24, 2.45) is 0 Å². The molecule has 33 heavy (non-hydrogen) atoms. The van der Waals surface area contributed by atoms with Crippen LogP contribution in [0.4, 0.5) is 13.2 Å². The molecule has 4 aromatic rings. The molecule has 1 aromatic carbocycles. The van der Waals surface area contributed by atoms with E-state index in [1.807, 2.05) is 36.5 Å². The number of benzene rings is 1. The highest BCUT2D eigenvalue weighted by atomic mass is 19.4. The third kappa shape index (κ3) is 5.02. The van der Waals surface area contributed by atoms with E-state index in [-0.39, 0.29) is 18.1 Å². The number of alkyl halides is 3. The number of aromatic nitrogens is 6. The molecule has 1 N–H and O–H groups in total. The summed E-state index contributed by atoms with van der Waals surface area (Å²) in [6.07, 6.45) is 0.177. The highest BCUT2D eigenvalue weighted by Gasteiger charge is 2.36. The summed E-state index contributed by atoms with van der Waals surface area (Å²) in [5.74, 6) is -1.50. The Hall–Kier alpha value is -3.76. The normalized spacial score (nSPS) is 11.8. The minimum Gasteiger partial charge on any atom is -0.356 e. The van der Waals surface area contributed by atoms with E-state index in [4.69, 9.17) is 0 Å². The van der Waals surface area contributed by atoms with Gasteiger partial charge in [-0.15, -0.1) is 5.10 Å².